The molecule has 0 aromatic heterocycles. The van der Waals surface area contributed by atoms with Gasteiger partial charge in [-0.3, -0.25) is 4.79 Å². The van der Waals surface area contributed by atoms with Crippen LogP contribution in [0.2, 0.25) is 0 Å². The van der Waals surface area contributed by atoms with Crippen LogP contribution in [-0.2, 0) is 4.79 Å². The van der Waals surface area contributed by atoms with Crippen molar-refractivity contribution < 1.29 is 4.79 Å². The summed E-state index contributed by atoms with van der Waals surface area (Å²) in [7, 11) is 0. The van der Waals surface area contributed by atoms with Gasteiger partial charge in [0.1, 0.15) is 5.41 Å². The van der Waals surface area contributed by atoms with Gasteiger partial charge in [-0.2, -0.15) is 5.26 Å². The molecule has 1 fully saturated rings. The molecule has 0 bridgehead atoms. The van der Waals surface area contributed by atoms with Gasteiger partial charge in [-0.15, -0.1) is 0 Å². The highest BCUT2D eigenvalue weighted by atomic mass is 16.2. The van der Waals surface area contributed by atoms with E-state index in [0.717, 1.165) is 18.8 Å². The van der Waals surface area contributed by atoms with Gasteiger partial charge in [0.15, 0.2) is 0 Å². The molecule has 1 rings (SSSR count). The molecule has 1 aliphatic rings. The van der Waals surface area contributed by atoms with Crippen LogP contribution in [0.25, 0.3) is 0 Å². The molecular formula is C14H24N2O. The zero-order chi connectivity index (χ0) is 12.9. The fourth-order valence-electron chi connectivity index (χ4n) is 2.27. The molecule has 1 amide bonds. The first-order valence-electron chi connectivity index (χ1n) is 6.74. The molecule has 17 heavy (non-hydrogen) atoms. The summed E-state index contributed by atoms with van der Waals surface area (Å²) in [5.74, 6) is 0.674. The van der Waals surface area contributed by atoms with E-state index in [1.54, 1.807) is 6.92 Å². The maximum atomic E-state index is 12.1. The highest BCUT2D eigenvalue weighted by Gasteiger charge is 2.32. The highest BCUT2D eigenvalue weighted by Crippen LogP contribution is 2.25. The van der Waals surface area contributed by atoms with Crippen LogP contribution in [0.5, 0.6) is 0 Å². The van der Waals surface area contributed by atoms with Crippen molar-refractivity contribution in [3.8, 4) is 6.07 Å². The molecule has 1 saturated carbocycles. The topological polar surface area (TPSA) is 52.9 Å². The van der Waals surface area contributed by atoms with E-state index < -0.39 is 5.41 Å². The lowest BCUT2D eigenvalue weighted by molar-refractivity contribution is -0.128. The minimum absolute atomic E-state index is 0.0953. The second-order valence-corrected chi connectivity index (χ2v) is 5.58. The Balaban J connectivity index is 2.54. The molecular weight excluding hydrogens is 212 g/mol. The summed E-state index contributed by atoms with van der Waals surface area (Å²) in [5.41, 5.74) is -0.863. The first-order chi connectivity index (χ1) is 8.01. The van der Waals surface area contributed by atoms with E-state index in [9.17, 15) is 4.79 Å². The quantitative estimate of drug-likeness (QED) is 0.766. The summed E-state index contributed by atoms with van der Waals surface area (Å²) < 4.78 is 0. The van der Waals surface area contributed by atoms with Crippen LogP contribution in [0.4, 0.5) is 0 Å². The van der Waals surface area contributed by atoms with E-state index in [4.69, 9.17) is 5.26 Å². The molecule has 1 N–H and O–H groups in total. The van der Waals surface area contributed by atoms with Crippen molar-refractivity contribution in [2.24, 2.45) is 11.3 Å². The minimum Gasteiger partial charge on any atom is -0.352 e. The molecule has 3 unspecified atom stereocenters. The highest BCUT2D eigenvalue weighted by molar-refractivity contribution is 5.85. The lowest BCUT2D eigenvalue weighted by Gasteiger charge is -2.23. The number of carbonyl (C=O) groups excluding carboxylic acids is 1. The van der Waals surface area contributed by atoms with E-state index in [1.807, 2.05) is 6.92 Å². The fourth-order valence-corrected chi connectivity index (χ4v) is 2.27. The van der Waals surface area contributed by atoms with Crippen LogP contribution in [0, 0.1) is 22.7 Å². The van der Waals surface area contributed by atoms with Gasteiger partial charge in [-0.05, 0) is 38.5 Å². The number of nitrogens with one attached hydrogen (secondary N) is 1. The third-order valence-corrected chi connectivity index (χ3v) is 4.05. The summed E-state index contributed by atoms with van der Waals surface area (Å²) >= 11 is 0. The first-order valence-corrected chi connectivity index (χ1v) is 6.74. The third-order valence-electron chi connectivity index (χ3n) is 4.05. The number of rotatable bonds is 3. The Morgan fingerprint density at radius 2 is 2.12 bits per heavy atom. The molecule has 0 radical (unpaired) electrons. The van der Waals surface area contributed by atoms with Crippen molar-refractivity contribution in [2.75, 3.05) is 0 Å². The number of nitriles is 1. The molecule has 0 heterocycles. The Morgan fingerprint density at radius 1 is 1.41 bits per heavy atom. The van der Waals surface area contributed by atoms with Crippen LogP contribution < -0.4 is 5.32 Å². The van der Waals surface area contributed by atoms with Crippen molar-refractivity contribution in [1.82, 2.24) is 5.32 Å². The maximum absolute atomic E-state index is 12.1. The molecule has 0 aromatic rings. The predicted octanol–water partition coefficient (Wildman–Crippen LogP) is 3.01. The van der Waals surface area contributed by atoms with Crippen molar-refractivity contribution >= 4 is 5.91 Å². The molecule has 0 aromatic carbocycles. The van der Waals surface area contributed by atoms with E-state index >= 15 is 0 Å². The van der Waals surface area contributed by atoms with E-state index in [-0.39, 0.29) is 11.9 Å². The van der Waals surface area contributed by atoms with Gasteiger partial charge in [0.2, 0.25) is 5.91 Å². The molecule has 0 spiro atoms. The Hall–Kier alpha value is -1.04. The van der Waals surface area contributed by atoms with Crippen LogP contribution in [-0.4, -0.2) is 11.9 Å². The summed E-state index contributed by atoms with van der Waals surface area (Å²) in [6, 6.07) is 2.40. The Bertz CT molecular complexity index is 308. The molecule has 0 saturated heterocycles. The van der Waals surface area contributed by atoms with Crippen molar-refractivity contribution in [1.29, 1.82) is 5.26 Å². The van der Waals surface area contributed by atoms with Crippen molar-refractivity contribution in [2.45, 2.75) is 65.3 Å². The van der Waals surface area contributed by atoms with E-state index in [1.165, 1.54) is 19.3 Å². The van der Waals surface area contributed by atoms with E-state index in [2.05, 4.69) is 18.3 Å². The van der Waals surface area contributed by atoms with E-state index in [0.29, 0.717) is 6.42 Å². The van der Waals surface area contributed by atoms with Gasteiger partial charge in [0.05, 0.1) is 6.07 Å². The average molecular weight is 236 g/mol. The fraction of sp³-hybridized carbons (Fsp3) is 0.857. The third kappa shape index (κ3) is 3.73. The average Bonchev–Trinajstić information content (AvgIpc) is 2.53. The molecule has 3 heteroatoms. The maximum Gasteiger partial charge on any atom is 0.240 e. The lowest BCUT2D eigenvalue weighted by atomic mass is 9.88. The lowest BCUT2D eigenvalue weighted by Crippen LogP contribution is -2.43. The Labute approximate surface area is 105 Å². The SMILES string of the molecule is CCC(C)(C#N)C(=O)NC1CCCC(C)CC1. The van der Waals surface area contributed by atoms with Crippen LogP contribution in [0.15, 0.2) is 0 Å². The van der Waals surface area contributed by atoms with Gasteiger partial charge in [0, 0.05) is 6.04 Å². The molecule has 3 nitrogen and oxygen atoms in total. The number of carbonyl (C=O) groups is 1. The van der Waals surface area contributed by atoms with Crippen LogP contribution in [0.1, 0.15) is 59.3 Å². The minimum atomic E-state index is -0.863. The smallest absolute Gasteiger partial charge is 0.240 e. The summed E-state index contributed by atoms with van der Waals surface area (Å²) in [6.07, 6.45) is 6.30. The van der Waals surface area contributed by atoms with Gasteiger partial charge in [0.25, 0.3) is 0 Å². The van der Waals surface area contributed by atoms with Crippen LogP contribution >= 0.6 is 0 Å². The normalized spacial score (nSPS) is 28.6. The van der Waals surface area contributed by atoms with Gasteiger partial charge in [-0.1, -0.05) is 26.7 Å². The van der Waals surface area contributed by atoms with Gasteiger partial charge in [-0.25, -0.2) is 0 Å². The largest absolute Gasteiger partial charge is 0.352 e. The predicted molar refractivity (Wildman–Crippen MR) is 68.2 cm³/mol. The van der Waals surface area contributed by atoms with Gasteiger partial charge >= 0.3 is 0 Å². The Morgan fingerprint density at radius 3 is 2.71 bits per heavy atom. The summed E-state index contributed by atoms with van der Waals surface area (Å²) in [4.78, 5) is 12.1. The van der Waals surface area contributed by atoms with Gasteiger partial charge < -0.3 is 5.32 Å². The number of hydrogen-bond acceptors (Lipinski definition) is 2. The van der Waals surface area contributed by atoms with Crippen LogP contribution in [0.3, 0.4) is 0 Å². The molecule has 96 valence electrons. The molecule has 1 aliphatic carbocycles. The first kappa shape index (κ1) is 14.0. The number of hydrogen-bond donors (Lipinski definition) is 1. The van der Waals surface area contributed by atoms with Crippen molar-refractivity contribution in [3.63, 3.8) is 0 Å². The zero-order valence-electron chi connectivity index (χ0n) is 11.3. The molecule has 0 aliphatic heterocycles. The zero-order valence-corrected chi connectivity index (χ0v) is 11.3. The standard InChI is InChI=1S/C14H24N2O/c1-4-14(3,10-15)13(17)16-12-7-5-6-11(2)8-9-12/h11-12H,4-9H2,1-3H3,(H,16,17). The molecule has 3 atom stereocenters. The number of amides is 1. The second-order valence-electron chi connectivity index (χ2n) is 5.58. The summed E-state index contributed by atoms with van der Waals surface area (Å²) in [5, 5.41) is 12.1. The number of nitrogens with zero attached hydrogens (tertiary/aromatic N) is 1. The van der Waals surface area contributed by atoms with Crippen molar-refractivity contribution in [3.05, 3.63) is 0 Å². The summed E-state index contributed by atoms with van der Waals surface area (Å²) in [6.45, 7) is 5.88. The second kappa shape index (κ2) is 6.05. The monoisotopic (exact) mass is 236 g/mol. The Kier molecular flexibility index (Phi) is 4.99.